The predicted octanol–water partition coefficient (Wildman–Crippen LogP) is 2.46. The molecule has 2 aliphatic rings. The maximum absolute atomic E-state index is 12.6. The number of allylic oxidation sites excluding steroid dienone is 2. The number of aromatic nitrogens is 3. The van der Waals surface area contributed by atoms with Crippen LogP contribution in [0.4, 0.5) is 0 Å². The maximum Gasteiger partial charge on any atom is 0.223 e. The summed E-state index contributed by atoms with van der Waals surface area (Å²) >= 11 is 0. The van der Waals surface area contributed by atoms with Crippen LogP contribution >= 0.6 is 0 Å². The van der Waals surface area contributed by atoms with E-state index in [2.05, 4.69) is 27.8 Å². The molecule has 2 N–H and O–H groups in total. The van der Waals surface area contributed by atoms with E-state index in [1.165, 1.54) is 0 Å². The molecule has 6 heteroatoms. The lowest BCUT2D eigenvalue weighted by Gasteiger charge is -2.33. The molecule has 1 heterocycles. The average molecular weight is 332 g/mol. The fourth-order valence-electron chi connectivity index (χ4n) is 3.65. The number of aliphatic hydroxyl groups is 1. The van der Waals surface area contributed by atoms with E-state index in [9.17, 15) is 9.90 Å². The molecular formula is C18H28N4O2. The Hall–Kier alpha value is -1.69. The third-order valence-corrected chi connectivity index (χ3v) is 5.17. The van der Waals surface area contributed by atoms with Gasteiger partial charge in [0.25, 0.3) is 0 Å². The summed E-state index contributed by atoms with van der Waals surface area (Å²) < 4.78 is 1.83. The van der Waals surface area contributed by atoms with E-state index in [1.54, 1.807) is 13.8 Å². The number of amides is 1. The molecule has 0 unspecified atom stereocenters. The lowest BCUT2D eigenvalue weighted by molar-refractivity contribution is -0.126. The van der Waals surface area contributed by atoms with Crippen LogP contribution in [0.25, 0.3) is 0 Å². The summed E-state index contributed by atoms with van der Waals surface area (Å²) in [6.45, 7) is 3.41. The molecule has 0 aromatic carbocycles. The number of hydrogen-bond donors (Lipinski definition) is 2. The van der Waals surface area contributed by atoms with Crippen molar-refractivity contribution in [2.24, 2.45) is 5.92 Å². The summed E-state index contributed by atoms with van der Waals surface area (Å²) in [6.07, 6.45) is 13.0. The van der Waals surface area contributed by atoms with Gasteiger partial charge in [-0.3, -0.25) is 4.79 Å². The van der Waals surface area contributed by atoms with Crippen molar-refractivity contribution >= 4 is 5.91 Å². The first-order valence-corrected chi connectivity index (χ1v) is 9.05. The summed E-state index contributed by atoms with van der Waals surface area (Å²) in [7, 11) is 0. The highest BCUT2D eigenvalue weighted by atomic mass is 16.3. The Balaban J connectivity index is 1.70. The van der Waals surface area contributed by atoms with Crippen molar-refractivity contribution in [1.29, 1.82) is 0 Å². The number of nitrogens with zero attached hydrogens (tertiary/aromatic N) is 3. The van der Waals surface area contributed by atoms with Gasteiger partial charge in [-0.15, -0.1) is 5.10 Å². The molecule has 24 heavy (non-hydrogen) atoms. The van der Waals surface area contributed by atoms with E-state index in [0.717, 1.165) is 44.9 Å². The minimum absolute atomic E-state index is 0.0912. The van der Waals surface area contributed by atoms with Crippen LogP contribution in [-0.2, 0) is 10.4 Å². The minimum Gasteiger partial charge on any atom is -0.384 e. The van der Waals surface area contributed by atoms with Crippen LogP contribution in [0.3, 0.4) is 0 Å². The molecular weight excluding hydrogens is 304 g/mol. The van der Waals surface area contributed by atoms with Crippen molar-refractivity contribution in [2.45, 2.75) is 76.5 Å². The van der Waals surface area contributed by atoms with Crippen molar-refractivity contribution < 1.29 is 9.90 Å². The first-order valence-electron chi connectivity index (χ1n) is 9.05. The molecule has 3 rings (SSSR count). The third kappa shape index (κ3) is 3.86. The molecule has 1 saturated carbocycles. The van der Waals surface area contributed by atoms with E-state index in [1.807, 2.05) is 10.9 Å². The van der Waals surface area contributed by atoms with Gasteiger partial charge in [0.05, 0.1) is 18.3 Å². The second-order valence-corrected chi connectivity index (χ2v) is 7.59. The Bertz CT molecular complexity index is 602. The number of nitrogens with one attached hydrogen (secondary N) is 1. The molecule has 6 nitrogen and oxygen atoms in total. The van der Waals surface area contributed by atoms with Crippen molar-refractivity contribution in [3.63, 3.8) is 0 Å². The monoisotopic (exact) mass is 332 g/mol. The van der Waals surface area contributed by atoms with Gasteiger partial charge in [0.15, 0.2) is 0 Å². The third-order valence-electron chi connectivity index (χ3n) is 5.17. The van der Waals surface area contributed by atoms with Crippen LogP contribution in [0.2, 0.25) is 0 Å². The maximum atomic E-state index is 12.6. The molecule has 0 aliphatic heterocycles. The highest BCUT2D eigenvalue weighted by Gasteiger charge is 2.32. The molecule has 132 valence electrons. The minimum atomic E-state index is -1.000. The van der Waals surface area contributed by atoms with Crippen molar-refractivity contribution in [3.05, 3.63) is 24.0 Å². The van der Waals surface area contributed by atoms with Gasteiger partial charge in [-0.1, -0.05) is 30.2 Å². The van der Waals surface area contributed by atoms with Gasteiger partial charge in [-0.25, -0.2) is 4.68 Å². The second-order valence-electron chi connectivity index (χ2n) is 7.59. The topological polar surface area (TPSA) is 80.0 Å². The van der Waals surface area contributed by atoms with E-state index in [-0.39, 0.29) is 23.9 Å². The van der Waals surface area contributed by atoms with Gasteiger partial charge < -0.3 is 10.4 Å². The average Bonchev–Trinajstić information content (AvgIpc) is 3.06. The zero-order chi connectivity index (χ0) is 17.2. The summed E-state index contributed by atoms with van der Waals surface area (Å²) in [5.74, 6) is 0.263. The number of rotatable bonds is 4. The van der Waals surface area contributed by atoms with Gasteiger partial charge in [0.2, 0.25) is 5.91 Å². The zero-order valence-electron chi connectivity index (χ0n) is 14.6. The van der Waals surface area contributed by atoms with Crippen LogP contribution < -0.4 is 5.32 Å². The van der Waals surface area contributed by atoms with Crippen LogP contribution in [-0.4, -0.2) is 32.0 Å². The van der Waals surface area contributed by atoms with Gasteiger partial charge in [-0.05, 0) is 46.0 Å². The summed E-state index contributed by atoms with van der Waals surface area (Å²) in [5, 5.41) is 21.7. The molecule has 0 bridgehead atoms. The first kappa shape index (κ1) is 17.1. The number of carbonyl (C=O) groups is 1. The van der Waals surface area contributed by atoms with E-state index >= 15 is 0 Å². The molecule has 2 aliphatic carbocycles. The Kier molecular flexibility index (Phi) is 5.04. The largest absolute Gasteiger partial charge is 0.384 e. The molecule has 1 aromatic heterocycles. The zero-order valence-corrected chi connectivity index (χ0v) is 14.6. The molecule has 1 amide bonds. The van der Waals surface area contributed by atoms with Crippen LogP contribution in [0.5, 0.6) is 0 Å². The quantitative estimate of drug-likeness (QED) is 0.830. The number of hydrogen-bond acceptors (Lipinski definition) is 4. The van der Waals surface area contributed by atoms with Gasteiger partial charge in [0, 0.05) is 5.92 Å². The molecule has 0 spiro atoms. The molecule has 1 fully saturated rings. The highest BCUT2D eigenvalue weighted by Crippen LogP contribution is 2.30. The van der Waals surface area contributed by atoms with Crippen molar-refractivity contribution in [2.75, 3.05) is 0 Å². The molecule has 0 radical (unpaired) electrons. The predicted molar refractivity (Wildman–Crippen MR) is 91.2 cm³/mol. The first-order chi connectivity index (χ1) is 11.4. The Morgan fingerprint density at radius 1 is 1.29 bits per heavy atom. The highest BCUT2D eigenvalue weighted by molar-refractivity contribution is 5.79. The van der Waals surface area contributed by atoms with Gasteiger partial charge in [0.1, 0.15) is 11.3 Å². The normalized spacial score (nSPS) is 27.9. The summed E-state index contributed by atoms with van der Waals surface area (Å²) in [4.78, 5) is 12.6. The van der Waals surface area contributed by atoms with E-state index < -0.39 is 5.60 Å². The van der Waals surface area contributed by atoms with Gasteiger partial charge in [-0.2, -0.15) is 0 Å². The lowest BCUT2D eigenvalue weighted by Crippen LogP contribution is -2.45. The fourth-order valence-corrected chi connectivity index (χ4v) is 3.65. The van der Waals surface area contributed by atoms with Crippen LogP contribution in [0.1, 0.15) is 70.5 Å². The Morgan fingerprint density at radius 2 is 2.08 bits per heavy atom. The van der Waals surface area contributed by atoms with Gasteiger partial charge >= 0.3 is 0 Å². The van der Waals surface area contributed by atoms with E-state index in [4.69, 9.17) is 0 Å². The second kappa shape index (κ2) is 7.05. The Labute approximate surface area is 143 Å². The van der Waals surface area contributed by atoms with Crippen LogP contribution in [0.15, 0.2) is 18.3 Å². The lowest BCUT2D eigenvalue weighted by atomic mass is 9.88. The smallest absolute Gasteiger partial charge is 0.223 e. The summed E-state index contributed by atoms with van der Waals surface area (Å²) in [5.41, 5.74) is -0.435. The Morgan fingerprint density at radius 3 is 2.75 bits per heavy atom. The number of carbonyl (C=O) groups excluding carboxylic acids is 1. The fraction of sp³-hybridized carbons (Fsp3) is 0.722. The molecule has 1 aromatic rings. The van der Waals surface area contributed by atoms with Crippen LogP contribution in [0, 0.1) is 5.92 Å². The van der Waals surface area contributed by atoms with Crippen molar-refractivity contribution in [3.8, 4) is 0 Å². The summed E-state index contributed by atoms with van der Waals surface area (Å²) in [6, 6.07) is 0.207. The standard InChI is InChI=1S/C18H28N4O2/c1-18(2,24)16-12-22(21-20-16)15-11-7-6-10-14(15)19-17(23)13-8-4-3-5-9-13/h3-4,12-15,24H,5-11H2,1-2H3,(H,19,23)/t13-,14+,15-/m1/s1. The van der Waals surface area contributed by atoms with Crippen molar-refractivity contribution in [1.82, 2.24) is 20.3 Å². The van der Waals surface area contributed by atoms with E-state index in [0.29, 0.717) is 5.69 Å². The SMILES string of the molecule is CC(C)(O)c1cn([C@@H]2CCCC[C@@H]2NC(=O)[C@@H]2CC=CCC2)nn1. The molecule has 0 saturated heterocycles. The molecule has 3 atom stereocenters.